The molecular weight excluding hydrogens is 270 g/mol. The zero-order valence-corrected chi connectivity index (χ0v) is 12.8. The molecule has 7 heteroatoms. The Balaban J connectivity index is 2.31. The Bertz CT molecular complexity index is 532. The number of nitrogens with zero attached hydrogens (tertiary/aromatic N) is 3. The summed E-state index contributed by atoms with van der Waals surface area (Å²) in [6.45, 7) is 5.97. The minimum absolute atomic E-state index is 0.0671. The molecule has 3 N–H and O–H groups in total. The van der Waals surface area contributed by atoms with E-state index in [2.05, 4.69) is 29.1 Å². The van der Waals surface area contributed by atoms with Crippen LogP contribution in [-0.4, -0.2) is 20.9 Å². The highest BCUT2D eigenvalue weighted by molar-refractivity contribution is 5.60. The van der Waals surface area contributed by atoms with Crippen LogP contribution in [-0.2, 0) is 0 Å². The Kier molecular flexibility index (Phi) is 4.59. The topological polar surface area (TPSA) is 107 Å². The lowest BCUT2D eigenvalue weighted by molar-refractivity contribution is -0.385. The third kappa shape index (κ3) is 3.40. The van der Waals surface area contributed by atoms with E-state index in [9.17, 15) is 10.1 Å². The summed E-state index contributed by atoms with van der Waals surface area (Å²) in [4.78, 5) is 18.8. The normalized spacial score (nSPS) is 22.3. The van der Waals surface area contributed by atoms with E-state index < -0.39 is 4.92 Å². The van der Waals surface area contributed by atoms with Gasteiger partial charge >= 0.3 is 5.69 Å². The van der Waals surface area contributed by atoms with Crippen molar-refractivity contribution in [1.82, 2.24) is 9.97 Å². The van der Waals surface area contributed by atoms with Crippen LogP contribution >= 0.6 is 0 Å². The zero-order valence-electron chi connectivity index (χ0n) is 12.8. The molecule has 1 aromatic heterocycles. The van der Waals surface area contributed by atoms with Gasteiger partial charge in [-0.1, -0.05) is 26.7 Å². The van der Waals surface area contributed by atoms with Gasteiger partial charge in [0.2, 0.25) is 11.8 Å². The van der Waals surface area contributed by atoms with Gasteiger partial charge in [0.05, 0.1) is 4.92 Å². The van der Waals surface area contributed by atoms with Crippen LogP contribution in [0.2, 0.25) is 0 Å². The van der Waals surface area contributed by atoms with E-state index in [1.165, 1.54) is 6.42 Å². The minimum Gasteiger partial charge on any atom is -0.368 e. The van der Waals surface area contributed by atoms with Crippen LogP contribution in [0, 0.1) is 28.9 Å². The second-order valence-electron chi connectivity index (χ2n) is 6.06. The van der Waals surface area contributed by atoms with Crippen LogP contribution in [0.15, 0.2) is 0 Å². The van der Waals surface area contributed by atoms with Crippen molar-refractivity contribution in [3.63, 3.8) is 0 Å². The number of nitro groups is 1. The fourth-order valence-corrected chi connectivity index (χ4v) is 3.22. The van der Waals surface area contributed by atoms with E-state index in [0.717, 1.165) is 19.3 Å². The summed E-state index contributed by atoms with van der Waals surface area (Å²) >= 11 is 0. The maximum Gasteiger partial charge on any atom is 0.332 e. The summed E-state index contributed by atoms with van der Waals surface area (Å²) in [5.74, 6) is 1.34. The van der Waals surface area contributed by atoms with E-state index in [1.807, 2.05) is 0 Å². The van der Waals surface area contributed by atoms with Crippen LogP contribution in [0.25, 0.3) is 0 Å². The van der Waals surface area contributed by atoms with E-state index in [4.69, 9.17) is 5.73 Å². The van der Waals surface area contributed by atoms with Gasteiger partial charge < -0.3 is 11.1 Å². The molecule has 0 saturated heterocycles. The van der Waals surface area contributed by atoms with Crippen molar-refractivity contribution in [2.24, 2.45) is 11.8 Å². The van der Waals surface area contributed by atoms with Crippen molar-refractivity contribution in [2.45, 2.75) is 52.5 Å². The van der Waals surface area contributed by atoms with Gasteiger partial charge in [0.25, 0.3) is 0 Å². The first-order valence-electron chi connectivity index (χ1n) is 7.45. The van der Waals surface area contributed by atoms with Gasteiger partial charge in [-0.2, -0.15) is 4.98 Å². The van der Waals surface area contributed by atoms with E-state index in [1.54, 1.807) is 6.92 Å². The van der Waals surface area contributed by atoms with Gasteiger partial charge in [-0.05, 0) is 31.6 Å². The molecule has 1 aliphatic carbocycles. The summed E-state index contributed by atoms with van der Waals surface area (Å²) in [5, 5.41) is 14.5. The number of aryl methyl sites for hydroxylation is 1. The molecule has 0 bridgehead atoms. The highest BCUT2D eigenvalue weighted by atomic mass is 16.6. The zero-order chi connectivity index (χ0) is 15.6. The first-order chi connectivity index (χ1) is 9.90. The summed E-state index contributed by atoms with van der Waals surface area (Å²) in [6, 6.07) is 0.200. The molecule has 0 aliphatic heterocycles. The predicted octanol–water partition coefficient (Wildman–Crippen LogP) is 2.90. The number of nitrogens with two attached hydrogens (primary N) is 1. The average Bonchev–Trinajstić information content (AvgIpc) is 2.37. The number of nitrogen functional groups attached to an aromatic ring is 1. The van der Waals surface area contributed by atoms with Gasteiger partial charge in [0.15, 0.2) is 0 Å². The van der Waals surface area contributed by atoms with Crippen molar-refractivity contribution in [3.05, 3.63) is 15.8 Å². The highest BCUT2D eigenvalue weighted by Gasteiger charge is 2.30. The molecular formula is C14H23N5O2. The molecule has 1 heterocycles. The summed E-state index contributed by atoms with van der Waals surface area (Å²) < 4.78 is 0. The Labute approximate surface area is 124 Å². The van der Waals surface area contributed by atoms with Crippen LogP contribution in [0.1, 0.15) is 45.2 Å². The van der Waals surface area contributed by atoms with E-state index in [-0.39, 0.29) is 23.5 Å². The molecule has 0 radical (unpaired) electrons. The molecule has 2 rings (SSSR count). The number of aromatic nitrogens is 2. The number of nitrogens with one attached hydrogen (secondary N) is 1. The Morgan fingerprint density at radius 2 is 2.00 bits per heavy atom. The van der Waals surface area contributed by atoms with Crippen LogP contribution in [0.3, 0.4) is 0 Å². The molecule has 21 heavy (non-hydrogen) atoms. The number of anilines is 2. The van der Waals surface area contributed by atoms with Crippen molar-refractivity contribution in [1.29, 1.82) is 0 Å². The first-order valence-corrected chi connectivity index (χ1v) is 7.45. The molecule has 116 valence electrons. The lowest BCUT2D eigenvalue weighted by atomic mass is 9.78. The fourth-order valence-electron chi connectivity index (χ4n) is 3.22. The Morgan fingerprint density at radius 3 is 2.62 bits per heavy atom. The highest BCUT2D eigenvalue weighted by Crippen LogP contribution is 2.34. The molecule has 0 aromatic carbocycles. The molecule has 1 aliphatic rings. The number of hydrogen-bond acceptors (Lipinski definition) is 6. The van der Waals surface area contributed by atoms with Gasteiger partial charge in [-0.3, -0.25) is 10.1 Å². The first kappa shape index (κ1) is 15.5. The molecule has 7 nitrogen and oxygen atoms in total. The Hall–Kier alpha value is -1.92. The SMILES string of the molecule is Cc1nc(N)nc(NC2CCCCC2C(C)C)c1[N+](=O)[O-]. The lowest BCUT2D eigenvalue weighted by Gasteiger charge is -2.35. The monoisotopic (exact) mass is 293 g/mol. The van der Waals surface area contributed by atoms with Crippen LogP contribution in [0.4, 0.5) is 17.5 Å². The van der Waals surface area contributed by atoms with Gasteiger partial charge in [0.1, 0.15) is 5.69 Å². The number of rotatable bonds is 4. The molecule has 1 fully saturated rings. The summed E-state index contributed by atoms with van der Waals surface area (Å²) in [5.41, 5.74) is 5.87. The van der Waals surface area contributed by atoms with Crippen LogP contribution in [0.5, 0.6) is 0 Å². The molecule has 0 amide bonds. The smallest absolute Gasteiger partial charge is 0.332 e. The predicted molar refractivity (Wildman–Crippen MR) is 82.0 cm³/mol. The standard InChI is InChI=1S/C14H23N5O2/c1-8(2)10-6-4-5-7-11(10)17-13-12(19(20)21)9(3)16-14(15)18-13/h8,10-11H,4-7H2,1-3H3,(H3,15,16,17,18). The summed E-state index contributed by atoms with van der Waals surface area (Å²) in [7, 11) is 0. The van der Waals surface area contributed by atoms with Crippen molar-refractivity contribution < 1.29 is 4.92 Å². The average molecular weight is 293 g/mol. The molecule has 1 aromatic rings. The van der Waals surface area contributed by atoms with Gasteiger partial charge in [-0.25, -0.2) is 4.98 Å². The van der Waals surface area contributed by atoms with E-state index >= 15 is 0 Å². The second-order valence-corrected chi connectivity index (χ2v) is 6.06. The Morgan fingerprint density at radius 1 is 1.33 bits per heavy atom. The largest absolute Gasteiger partial charge is 0.368 e. The maximum absolute atomic E-state index is 11.3. The van der Waals surface area contributed by atoms with Crippen molar-refractivity contribution >= 4 is 17.5 Å². The quantitative estimate of drug-likeness (QED) is 0.653. The molecule has 2 unspecified atom stereocenters. The third-order valence-corrected chi connectivity index (χ3v) is 4.26. The van der Waals surface area contributed by atoms with Crippen molar-refractivity contribution in [2.75, 3.05) is 11.1 Å². The van der Waals surface area contributed by atoms with Crippen molar-refractivity contribution in [3.8, 4) is 0 Å². The second kappa shape index (κ2) is 6.24. The maximum atomic E-state index is 11.3. The molecule has 1 saturated carbocycles. The van der Waals surface area contributed by atoms with Gasteiger partial charge in [-0.15, -0.1) is 0 Å². The van der Waals surface area contributed by atoms with Gasteiger partial charge in [0, 0.05) is 6.04 Å². The molecule has 0 spiro atoms. The summed E-state index contributed by atoms with van der Waals surface area (Å²) in [6.07, 6.45) is 4.49. The van der Waals surface area contributed by atoms with Crippen LogP contribution < -0.4 is 11.1 Å². The van der Waals surface area contributed by atoms with E-state index in [0.29, 0.717) is 17.5 Å². The lowest BCUT2D eigenvalue weighted by Crippen LogP contribution is -2.35. The number of hydrogen-bond donors (Lipinski definition) is 2. The molecule has 2 atom stereocenters. The fraction of sp³-hybridized carbons (Fsp3) is 0.714. The third-order valence-electron chi connectivity index (χ3n) is 4.26. The minimum atomic E-state index is -0.440.